The second kappa shape index (κ2) is 5.48. The quantitative estimate of drug-likeness (QED) is 0.692. The smallest absolute Gasteiger partial charge is 0.193 e. The van der Waals surface area contributed by atoms with Gasteiger partial charge in [-0.25, -0.2) is 0 Å². The Morgan fingerprint density at radius 1 is 1.09 bits per heavy atom. The number of ketones is 1. The SMILES string of the molecule is COc1cc(C(C)=O)cc2c(=O)cc(-c3ccccc3)oc12. The van der Waals surface area contributed by atoms with Gasteiger partial charge in [0.05, 0.1) is 12.5 Å². The van der Waals surface area contributed by atoms with Crippen molar-refractivity contribution in [3.05, 3.63) is 64.3 Å². The van der Waals surface area contributed by atoms with Gasteiger partial charge in [0, 0.05) is 17.2 Å². The summed E-state index contributed by atoms with van der Waals surface area (Å²) in [7, 11) is 1.48. The van der Waals surface area contributed by atoms with Crippen LogP contribution in [0.25, 0.3) is 22.3 Å². The molecule has 0 aliphatic rings. The second-order valence-corrected chi connectivity index (χ2v) is 4.95. The number of carbonyl (C=O) groups is 1. The molecule has 0 aliphatic carbocycles. The van der Waals surface area contributed by atoms with Gasteiger partial charge < -0.3 is 9.15 Å². The zero-order valence-electron chi connectivity index (χ0n) is 12.3. The molecule has 0 spiro atoms. The molecule has 0 N–H and O–H groups in total. The number of ether oxygens (including phenoxy) is 1. The number of carbonyl (C=O) groups excluding carboxylic acids is 1. The molecule has 0 bridgehead atoms. The van der Waals surface area contributed by atoms with E-state index >= 15 is 0 Å². The molecule has 110 valence electrons. The van der Waals surface area contributed by atoms with E-state index in [-0.39, 0.29) is 11.2 Å². The van der Waals surface area contributed by atoms with Crippen LogP contribution in [0.15, 0.2) is 57.7 Å². The maximum absolute atomic E-state index is 12.4. The number of Topliss-reactive ketones (excluding diaryl/α,β-unsaturated/α-hetero) is 1. The molecule has 3 rings (SSSR count). The van der Waals surface area contributed by atoms with Crippen molar-refractivity contribution in [2.75, 3.05) is 7.11 Å². The van der Waals surface area contributed by atoms with E-state index in [0.717, 1.165) is 5.56 Å². The third kappa shape index (κ3) is 2.39. The lowest BCUT2D eigenvalue weighted by atomic mass is 10.1. The standard InChI is InChI=1S/C18H14O4/c1-11(19)13-8-14-15(20)10-16(12-6-4-3-5-7-12)22-18(14)17(9-13)21-2/h3-10H,1-2H3. The zero-order valence-corrected chi connectivity index (χ0v) is 12.3. The summed E-state index contributed by atoms with van der Waals surface area (Å²) in [6.07, 6.45) is 0. The summed E-state index contributed by atoms with van der Waals surface area (Å²) in [6.45, 7) is 1.45. The second-order valence-electron chi connectivity index (χ2n) is 4.95. The van der Waals surface area contributed by atoms with Crippen LogP contribution < -0.4 is 10.2 Å². The van der Waals surface area contributed by atoms with Gasteiger partial charge in [-0.05, 0) is 19.1 Å². The van der Waals surface area contributed by atoms with Crippen LogP contribution in [0.5, 0.6) is 5.75 Å². The van der Waals surface area contributed by atoms with Gasteiger partial charge in [-0.3, -0.25) is 9.59 Å². The summed E-state index contributed by atoms with van der Waals surface area (Å²) in [5.74, 6) is 0.705. The predicted octanol–water partition coefficient (Wildman–Crippen LogP) is 3.67. The lowest BCUT2D eigenvalue weighted by molar-refractivity contribution is 0.101. The molecule has 4 heteroatoms. The molecule has 1 aromatic heterocycles. The van der Waals surface area contributed by atoms with E-state index in [1.807, 2.05) is 30.3 Å². The Kier molecular flexibility index (Phi) is 3.51. The highest BCUT2D eigenvalue weighted by Crippen LogP contribution is 2.29. The van der Waals surface area contributed by atoms with Crippen molar-refractivity contribution in [3.63, 3.8) is 0 Å². The van der Waals surface area contributed by atoms with Crippen molar-refractivity contribution in [1.82, 2.24) is 0 Å². The lowest BCUT2D eigenvalue weighted by Crippen LogP contribution is -2.04. The summed E-state index contributed by atoms with van der Waals surface area (Å²) in [5, 5.41) is 0.337. The maximum atomic E-state index is 12.4. The molecular weight excluding hydrogens is 280 g/mol. The fourth-order valence-corrected chi connectivity index (χ4v) is 2.33. The molecule has 0 radical (unpaired) electrons. The number of methoxy groups -OCH3 is 1. The minimum Gasteiger partial charge on any atom is -0.493 e. The van der Waals surface area contributed by atoms with E-state index in [0.29, 0.717) is 28.0 Å². The summed E-state index contributed by atoms with van der Waals surface area (Å²) in [6, 6.07) is 13.9. The highest BCUT2D eigenvalue weighted by Gasteiger charge is 2.14. The van der Waals surface area contributed by atoms with Crippen molar-refractivity contribution in [2.24, 2.45) is 0 Å². The van der Waals surface area contributed by atoms with Crippen LogP contribution >= 0.6 is 0 Å². The first-order valence-electron chi connectivity index (χ1n) is 6.82. The fraction of sp³-hybridized carbons (Fsp3) is 0.111. The molecule has 0 saturated carbocycles. The van der Waals surface area contributed by atoms with Gasteiger partial charge in [-0.1, -0.05) is 30.3 Å². The van der Waals surface area contributed by atoms with E-state index in [9.17, 15) is 9.59 Å². The van der Waals surface area contributed by atoms with E-state index in [1.54, 1.807) is 12.1 Å². The molecule has 4 nitrogen and oxygen atoms in total. The molecular formula is C18H14O4. The average molecular weight is 294 g/mol. The number of hydrogen-bond acceptors (Lipinski definition) is 4. The molecule has 0 fully saturated rings. The molecule has 2 aromatic carbocycles. The Hall–Kier alpha value is -2.88. The molecule has 22 heavy (non-hydrogen) atoms. The highest BCUT2D eigenvalue weighted by molar-refractivity contribution is 5.99. The van der Waals surface area contributed by atoms with E-state index in [2.05, 4.69) is 0 Å². The van der Waals surface area contributed by atoms with Gasteiger partial charge in [0.2, 0.25) is 0 Å². The number of hydrogen-bond donors (Lipinski definition) is 0. The predicted molar refractivity (Wildman–Crippen MR) is 84.5 cm³/mol. The molecule has 0 unspecified atom stereocenters. The average Bonchev–Trinajstić information content (AvgIpc) is 2.54. The van der Waals surface area contributed by atoms with Crippen LogP contribution in [0.1, 0.15) is 17.3 Å². The van der Waals surface area contributed by atoms with Gasteiger partial charge in [0.15, 0.2) is 22.5 Å². The van der Waals surface area contributed by atoms with Gasteiger partial charge in [-0.15, -0.1) is 0 Å². The Balaban J connectivity index is 2.33. The Labute approximate surface area is 127 Å². The van der Waals surface area contributed by atoms with Crippen LogP contribution in [-0.2, 0) is 0 Å². The first-order chi connectivity index (χ1) is 10.6. The molecule has 3 aromatic rings. The van der Waals surface area contributed by atoms with Crippen LogP contribution in [-0.4, -0.2) is 12.9 Å². The lowest BCUT2D eigenvalue weighted by Gasteiger charge is -2.08. The molecule has 1 heterocycles. The van der Waals surface area contributed by atoms with E-state index < -0.39 is 0 Å². The molecule has 0 amide bonds. The number of rotatable bonds is 3. The maximum Gasteiger partial charge on any atom is 0.193 e. The van der Waals surface area contributed by atoms with Crippen molar-refractivity contribution in [2.45, 2.75) is 6.92 Å². The van der Waals surface area contributed by atoms with E-state index in [1.165, 1.54) is 20.1 Å². The minimum absolute atomic E-state index is 0.133. The summed E-state index contributed by atoms with van der Waals surface area (Å²) >= 11 is 0. The summed E-state index contributed by atoms with van der Waals surface area (Å²) < 4.78 is 11.1. The highest BCUT2D eigenvalue weighted by atomic mass is 16.5. The number of benzene rings is 2. The summed E-state index contributed by atoms with van der Waals surface area (Å²) in [5.41, 5.74) is 1.36. The normalized spacial score (nSPS) is 10.6. The minimum atomic E-state index is -0.207. The largest absolute Gasteiger partial charge is 0.493 e. The third-order valence-corrected chi connectivity index (χ3v) is 3.48. The third-order valence-electron chi connectivity index (χ3n) is 3.48. The first kappa shape index (κ1) is 14.1. The van der Waals surface area contributed by atoms with Gasteiger partial charge in [0.25, 0.3) is 0 Å². The van der Waals surface area contributed by atoms with Gasteiger partial charge >= 0.3 is 0 Å². The van der Waals surface area contributed by atoms with Crippen molar-refractivity contribution < 1.29 is 13.9 Å². The Morgan fingerprint density at radius 2 is 1.82 bits per heavy atom. The topological polar surface area (TPSA) is 56.5 Å². The van der Waals surface area contributed by atoms with Gasteiger partial charge in [0.1, 0.15) is 5.76 Å². The molecule has 0 aliphatic heterocycles. The van der Waals surface area contributed by atoms with Crippen LogP contribution in [0.2, 0.25) is 0 Å². The zero-order chi connectivity index (χ0) is 15.7. The van der Waals surface area contributed by atoms with Crippen molar-refractivity contribution >= 4 is 16.8 Å². The number of fused-ring (bicyclic) bond motifs is 1. The van der Waals surface area contributed by atoms with E-state index in [4.69, 9.17) is 9.15 Å². The van der Waals surface area contributed by atoms with Gasteiger partial charge in [-0.2, -0.15) is 0 Å². The fourth-order valence-electron chi connectivity index (χ4n) is 2.33. The van der Waals surface area contributed by atoms with Crippen LogP contribution in [0, 0.1) is 0 Å². The Morgan fingerprint density at radius 3 is 2.45 bits per heavy atom. The molecule has 0 atom stereocenters. The molecule has 0 saturated heterocycles. The van der Waals surface area contributed by atoms with Crippen LogP contribution in [0.3, 0.4) is 0 Å². The van der Waals surface area contributed by atoms with Crippen LogP contribution in [0.4, 0.5) is 0 Å². The first-order valence-corrected chi connectivity index (χ1v) is 6.82. The Bertz CT molecular complexity index is 908. The van der Waals surface area contributed by atoms with Crippen molar-refractivity contribution in [3.8, 4) is 17.1 Å². The summed E-state index contributed by atoms with van der Waals surface area (Å²) in [4.78, 5) is 24.0. The van der Waals surface area contributed by atoms with Crippen molar-refractivity contribution in [1.29, 1.82) is 0 Å². The monoisotopic (exact) mass is 294 g/mol.